The van der Waals surface area contributed by atoms with Crippen LogP contribution in [0.1, 0.15) is 17.4 Å². The van der Waals surface area contributed by atoms with Crippen LogP contribution in [0.5, 0.6) is 0 Å². The smallest absolute Gasteiger partial charge is 0.206 e. The second-order valence-electron chi connectivity index (χ2n) is 2.39. The van der Waals surface area contributed by atoms with Gasteiger partial charge in [-0.2, -0.15) is 5.10 Å². The van der Waals surface area contributed by atoms with Crippen molar-refractivity contribution in [3.8, 4) is 0 Å². The highest BCUT2D eigenvalue weighted by molar-refractivity contribution is 5.95. The van der Waals surface area contributed by atoms with Gasteiger partial charge in [0, 0.05) is 19.9 Å². The van der Waals surface area contributed by atoms with Crippen molar-refractivity contribution in [3.63, 3.8) is 0 Å². The Kier molecular flexibility index (Phi) is 2.99. The lowest BCUT2D eigenvalue weighted by atomic mass is 10.3. The van der Waals surface area contributed by atoms with Gasteiger partial charge in [0.15, 0.2) is 0 Å². The average molecular weight is 168 g/mol. The number of hydrogen-bond acceptors (Lipinski definition) is 3. The molecule has 0 radical (unpaired) electrons. The Bertz CT molecular complexity index is 268. The molecule has 0 atom stereocenters. The minimum Gasteiger partial charge on any atom is -0.376 e. The molecule has 0 saturated heterocycles. The van der Waals surface area contributed by atoms with Crippen molar-refractivity contribution >= 4 is 5.78 Å². The highest BCUT2D eigenvalue weighted by Gasteiger charge is 2.09. The van der Waals surface area contributed by atoms with Gasteiger partial charge < -0.3 is 4.74 Å². The van der Waals surface area contributed by atoms with Gasteiger partial charge in [-0.3, -0.25) is 9.48 Å². The summed E-state index contributed by atoms with van der Waals surface area (Å²) in [6.07, 6.45) is 1.62. The van der Waals surface area contributed by atoms with Gasteiger partial charge in [-0.05, 0) is 13.0 Å². The van der Waals surface area contributed by atoms with Crippen molar-refractivity contribution in [2.75, 3.05) is 13.7 Å². The Balaban J connectivity index is 2.79. The van der Waals surface area contributed by atoms with Crippen LogP contribution in [-0.2, 0) is 11.3 Å². The summed E-state index contributed by atoms with van der Waals surface area (Å²) in [4.78, 5) is 11.3. The molecule has 1 rings (SSSR count). The number of carbonyl (C=O) groups is 1. The van der Waals surface area contributed by atoms with E-state index in [0.29, 0.717) is 12.2 Å². The molecule has 0 aliphatic carbocycles. The summed E-state index contributed by atoms with van der Waals surface area (Å²) in [5.41, 5.74) is 0.611. The predicted octanol–water partition coefficient (Wildman–Crippen LogP) is 0.732. The van der Waals surface area contributed by atoms with Crippen LogP contribution < -0.4 is 0 Å². The molecule has 0 unspecified atom stereocenters. The van der Waals surface area contributed by atoms with E-state index >= 15 is 0 Å². The average Bonchev–Trinajstić information content (AvgIpc) is 2.51. The van der Waals surface area contributed by atoms with Crippen molar-refractivity contribution in [3.05, 3.63) is 18.0 Å². The fourth-order valence-electron chi connectivity index (χ4n) is 1.03. The lowest BCUT2D eigenvalue weighted by Crippen LogP contribution is -2.13. The first-order valence-corrected chi connectivity index (χ1v) is 3.83. The molecule has 66 valence electrons. The molecule has 0 spiro atoms. The Morgan fingerprint density at radius 2 is 2.50 bits per heavy atom. The van der Waals surface area contributed by atoms with E-state index in [1.807, 2.05) is 6.92 Å². The van der Waals surface area contributed by atoms with Gasteiger partial charge in [0.2, 0.25) is 5.78 Å². The van der Waals surface area contributed by atoms with Crippen LogP contribution in [0.15, 0.2) is 12.3 Å². The van der Waals surface area contributed by atoms with Crippen LogP contribution in [0.3, 0.4) is 0 Å². The van der Waals surface area contributed by atoms with Gasteiger partial charge >= 0.3 is 0 Å². The van der Waals surface area contributed by atoms with E-state index in [1.54, 1.807) is 16.9 Å². The largest absolute Gasteiger partial charge is 0.376 e. The van der Waals surface area contributed by atoms with Gasteiger partial charge in [0.05, 0.1) is 0 Å². The van der Waals surface area contributed by atoms with Crippen LogP contribution in [0.25, 0.3) is 0 Å². The van der Waals surface area contributed by atoms with E-state index in [1.165, 1.54) is 7.11 Å². The van der Waals surface area contributed by atoms with Crippen LogP contribution >= 0.6 is 0 Å². The van der Waals surface area contributed by atoms with E-state index in [9.17, 15) is 4.79 Å². The first kappa shape index (κ1) is 8.93. The van der Waals surface area contributed by atoms with E-state index in [2.05, 4.69) is 5.10 Å². The molecule has 1 heterocycles. The zero-order chi connectivity index (χ0) is 8.97. The third-order valence-electron chi connectivity index (χ3n) is 1.58. The third kappa shape index (κ3) is 1.71. The summed E-state index contributed by atoms with van der Waals surface area (Å²) in [5.74, 6) is -0.0307. The second-order valence-corrected chi connectivity index (χ2v) is 2.39. The van der Waals surface area contributed by atoms with E-state index in [0.717, 1.165) is 0 Å². The topological polar surface area (TPSA) is 44.1 Å². The Hall–Kier alpha value is -1.16. The molecule has 0 aliphatic rings. The molecule has 1 aromatic rings. The van der Waals surface area contributed by atoms with Crippen molar-refractivity contribution in [2.24, 2.45) is 0 Å². The summed E-state index contributed by atoms with van der Waals surface area (Å²) in [7, 11) is 1.50. The number of hydrogen-bond donors (Lipinski definition) is 0. The number of rotatable bonds is 4. The number of ketones is 1. The molecule has 12 heavy (non-hydrogen) atoms. The maximum atomic E-state index is 11.3. The van der Waals surface area contributed by atoms with Crippen LogP contribution in [0.4, 0.5) is 0 Å². The van der Waals surface area contributed by atoms with Gasteiger partial charge in [-0.25, -0.2) is 0 Å². The molecule has 0 N–H and O–H groups in total. The maximum Gasteiger partial charge on any atom is 0.206 e. The predicted molar refractivity (Wildman–Crippen MR) is 44.1 cm³/mol. The van der Waals surface area contributed by atoms with Gasteiger partial charge in [0.1, 0.15) is 12.3 Å². The summed E-state index contributed by atoms with van der Waals surface area (Å²) in [6.45, 7) is 2.76. The zero-order valence-corrected chi connectivity index (χ0v) is 7.28. The Morgan fingerprint density at radius 1 is 1.75 bits per heavy atom. The normalized spacial score (nSPS) is 10.2. The van der Waals surface area contributed by atoms with Gasteiger partial charge in [-0.1, -0.05) is 0 Å². The molecule has 0 amide bonds. The minimum atomic E-state index is -0.0307. The molecule has 0 saturated carbocycles. The van der Waals surface area contributed by atoms with E-state index in [-0.39, 0.29) is 12.4 Å². The molecule has 4 heteroatoms. The highest BCUT2D eigenvalue weighted by atomic mass is 16.5. The molecular weight excluding hydrogens is 156 g/mol. The Labute approximate surface area is 71.1 Å². The molecule has 0 fully saturated rings. The van der Waals surface area contributed by atoms with Crippen LogP contribution in [0.2, 0.25) is 0 Å². The first-order chi connectivity index (χ1) is 5.79. The van der Waals surface area contributed by atoms with Gasteiger partial charge in [0.25, 0.3) is 0 Å². The van der Waals surface area contributed by atoms with Crippen molar-refractivity contribution in [1.29, 1.82) is 0 Å². The van der Waals surface area contributed by atoms with Crippen LogP contribution in [0, 0.1) is 0 Å². The van der Waals surface area contributed by atoms with Crippen molar-refractivity contribution < 1.29 is 9.53 Å². The number of carbonyl (C=O) groups excluding carboxylic acids is 1. The number of methoxy groups -OCH3 is 1. The fraction of sp³-hybridized carbons (Fsp3) is 0.500. The van der Waals surface area contributed by atoms with E-state index < -0.39 is 0 Å². The Morgan fingerprint density at radius 3 is 3.08 bits per heavy atom. The third-order valence-corrected chi connectivity index (χ3v) is 1.58. The molecule has 4 nitrogen and oxygen atoms in total. The fourth-order valence-corrected chi connectivity index (χ4v) is 1.03. The summed E-state index contributed by atoms with van der Waals surface area (Å²) < 4.78 is 6.39. The SMILES string of the molecule is CCn1nccc1C(=O)COC. The lowest BCUT2D eigenvalue weighted by Gasteiger charge is -2.01. The number of ether oxygens (including phenoxy) is 1. The van der Waals surface area contributed by atoms with Crippen molar-refractivity contribution in [2.45, 2.75) is 13.5 Å². The quantitative estimate of drug-likeness (QED) is 0.622. The number of nitrogens with zero attached hydrogens (tertiary/aromatic N) is 2. The lowest BCUT2D eigenvalue weighted by molar-refractivity contribution is 0.0837. The molecule has 1 aromatic heterocycles. The summed E-state index contributed by atoms with van der Waals surface area (Å²) >= 11 is 0. The number of Topliss-reactive ketones (excluding diaryl/α,β-unsaturated/α-hetero) is 1. The zero-order valence-electron chi connectivity index (χ0n) is 7.28. The maximum absolute atomic E-state index is 11.3. The molecular formula is C8H12N2O2. The van der Waals surface area contributed by atoms with Gasteiger partial charge in [-0.15, -0.1) is 0 Å². The number of aromatic nitrogens is 2. The van der Waals surface area contributed by atoms with Crippen molar-refractivity contribution in [1.82, 2.24) is 9.78 Å². The first-order valence-electron chi connectivity index (χ1n) is 3.83. The monoisotopic (exact) mass is 168 g/mol. The minimum absolute atomic E-state index is 0.0307. The summed E-state index contributed by atoms with van der Waals surface area (Å²) in [5, 5.41) is 3.98. The van der Waals surface area contributed by atoms with E-state index in [4.69, 9.17) is 4.74 Å². The summed E-state index contributed by atoms with van der Waals surface area (Å²) in [6, 6.07) is 1.70. The number of aryl methyl sites for hydroxylation is 1. The molecule has 0 bridgehead atoms. The molecule has 0 aliphatic heterocycles. The second kappa shape index (κ2) is 4.01. The standard InChI is InChI=1S/C8H12N2O2/c1-3-10-7(4-5-9-10)8(11)6-12-2/h4-5H,3,6H2,1-2H3. The molecule has 0 aromatic carbocycles. The highest BCUT2D eigenvalue weighted by Crippen LogP contribution is 1.99. The van der Waals surface area contributed by atoms with Crippen LogP contribution in [-0.4, -0.2) is 29.3 Å².